The van der Waals surface area contributed by atoms with Crippen molar-refractivity contribution in [1.29, 1.82) is 0 Å². The van der Waals surface area contributed by atoms with Gasteiger partial charge in [0.15, 0.2) is 6.10 Å². The number of hydrogen-bond acceptors (Lipinski definition) is 6. The van der Waals surface area contributed by atoms with E-state index >= 15 is 0 Å². The minimum absolute atomic E-state index is 0.0306. The molecule has 0 aliphatic heterocycles. The molecule has 0 aromatic heterocycles. The zero-order valence-corrected chi connectivity index (χ0v) is 28.4. The number of primary amides is 1. The van der Waals surface area contributed by atoms with Gasteiger partial charge in [-0.15, -0.1) is 0 Å². The summed E-state index contributed by atoms with van der Waals surface area (Å²) in [6, 6.07) is 19.2. The van der Waals surface area contributed by atoms with Crippen LogP contribution in [0.2, 0.25) is 0 Å². The fourth-order valence-corrected chi connectivity index (χ4v) is 5.98. The number of aliphatic hydroxyl groups excluding tert-OH is 1. The Labute approximate surface area is 293 Å². The first-order chi connectivity index (χ1) is 24.0. The number of halogens is 3. The smallest absolute Gasteiger partial charge is 0.382 e. The largest absolute Gasteiger partial charge is 0.416 e. The van der Waals surface area contributed by atoms with E-state index in [9.17, 15) is 42.3 Å². The molecule has 0 bridgehead atoms. The minimum atomic E-state index is -5.11. The Hall–Kier alpha value is -5.24. The average molecular weight is 710 g/mol. The van der Waals surface area contributed by atoms with Gasteiger partial charge in [-0.1, -0.05) is 80.6 Å². The summed E-state index contributed by atoms with van der Waals surface area (Å²) in [5, 5.41) is 20.0. The van der Waals surface area contributed by atoms with E-state index in [4.69, 9.17) is 5.73 Å². The van der Waals surface area contributed by atoms with E-state index in [1.165, 1.54) is 6.92 Å². The van der Waals surface area contributed by atoms with Crippen LogP contribution in [0.25, 0.3) is 11.1 Å². The Kier molecular flexibility index (Phi) is 12.2. The Balaban J connectivity index is 1.51. The van der Waals surface area contributed by atoms with E-state index in [0.717, 1.165) is 22.3 Å². The highest BCUT2D eigenvalue weighted by molar-refractivity contribution is 6.00. The van der Waals surface area contributed by atoms with Crippen LogP contribution in [-0.2, 0) is 32.0 Å². The summed E-state index contributed by atoms with van der Waals surface area (Å²) in [5.41, 5.74) is 7.14. The number of hydrogen-bond donors (Lipinski definition) is 6. The van der Waals surface area contributed by atoms with Gasteiger partial charge in [0.05, 0.1) is 6.04 Å². The lowest BCUT2D eigenvalue weighted by Gasteiger charge is -2.33. The normalized spacial score (nSPS) is 15.8. The second kappa shape index (κ2) is 16.2. The molecule has 3 aromatic carbocycles. The van der Waals surface area contributed by atoms with E-state index < -0.39 is 84.2 Å². The number of amides is 5. The molecule has 0 saturated heterocycles. The second-order valence-corrected chi connectivity index (χ2v) is 13.1. The van der Waals surface area contributed by atoms with E-state index in [2.05, 4.69) is 21.3 Å². The predicted octanol–water partition coefficient (Wildman–Crippen LogP) is 2.94. The van der Waals surface area contributed by atoms with Crippen molar-refractivity contribution in [2.45, 2.75) is 82.4 Å². The number of carbonyl (C=O) groups is 5. The first kappa shape index (κ1) is 38.6. The number of carbonyl (C=O) groups excluding carboxylic acids is 5. The summed E-state index contributed by atoms with van der Waals surface area (Å²) < 4.78 is 39.9. The lowest BCUT2D eigenvalue weighted by molar-refractivity contribution is -0.212. The van der Waals surface area contributed by atoms with Crippen LogP contribution in [0.5, 0.6) is 0 Å². The Morgan fingerprint density at radius 3 is 1.86 bits per heavy atom. The van der Waals surface area contributed by atoms with Crippen molar-refractivity contribution >= 4 is 29.5 Å². The molecule has 7 N–H and O–H groups in total. The predicted molar refractivity (Wildman–Crippen MR) is 183 cm³/mol. The van der Waals surface area contributed by atoms with Gasteiger partial charge >= 0.3 is 6.18 Å². The molecule has 51 heavy (non-hydrogen) atoms. The molecule has 0 fully saturated rings. The number of rotatable bonds is 14. The third-order valence-electron chi connectivity index (χ3n) is 8.88. The van der Waals surface area contributed by atoms with Gasteiger partial charge in [-0.2, -0.15) is 13.2 Å². The fraction of sp³-hybridized carbons (Fsp3) is 0.378. The van der Waals surface area contributed by atoms with Crippen LogP contribution in [0.3, 0.4) is 0 Å². The van der Waals surface area contributed by atoms with Crippen molar-refractivity contribution < 1.29 is 42.3 Å². The maximum absolute atomic E-state index is 14.0. The summed E-state index contributed by atoms with van der Waals surface area (Å²) in [5.74, 6) is -4.36. The van der Waals surface area contributed by atoms with Crippen LogP contribution in [0.4, 0.5) is 13.2 Å². The first-order valence-corrected chi connectivity index (χ1v) is 16.5. The molecule has 5 amide bonds. The Morgan fingerprint density at radius 1 is 0.784 bits per heavy atom. The maximum atomic E-state index is 14.0. The van der Waals surface area contributed by atoms with Crippen molar-refractivity contribution in [3.63, 3.8) is 0 Å². The fourth-order valence-electron chi connectivity index (χ4n) is 5.98. The molecule has 0 spiro atoms. The van der Waals surface area contributed by atoms with Gasteiger partial charge in [0.2, 0.25) is 23.6 Å². The zero-order chi connectivity index (χ0) is 37.5. The highest BCUT2D eigenvalue weighted by Crippen LogP contribution is 2.31. The van der Waals surface area contributed by atoms with Crippen LogP contribution in [-0.4, -0.2) is 70.6 Å². The molecule has 1 aliphatic carbocycles. The average Bonchev–Trinajstić information content (AvgIpc) is 3.47. The van der Waals surface area contributed by atoms with Crippen LogP contribution in [0, 0.1) is 5.92 Å². The second-order valence-electron chi connectivity index (χ2n) is 13.1. The molecule has 11 nitrogen and oxygen atoms in total. The monoisotopic (exact) mass is 709 g/mol. The summed E-state index contributed by atoms with van der Waals surface area (Å²) >= 11 is 0. The van der Waals surface area contributed by atoms with Gasteiger partial charge in [-0.3, -0.25) is 24.0 Å². The van der Waals surface area contributed by atoms with Crippen LogP contribution < -0.4 is 27.0 Å². The lowest BCUT2D eigenvalue weighted by atomic mass is 9.92. The molecule has 2 unspecified atom stereocenters. The number of aliphatic hydroxyl groups is 1. The molecule has 0 heterocycles. The standard InChI is InChI=1S/C37H42F3N5O6/c1-21(2)30(44-33(49)25-15-13-24(14-16-25)23-9-5-4-6-10-23)34(50)45-36(19-26-11-7-8-12-27(26)20-36)35(51)42-22(3)32(48)43-28(17-18-29(41)46)31(47)37(38,39)40/h4-16,21-22,28,30-31,47H,17-20H2,1-3H3,(H2,41,46)(H,42,51)(H,43,48)(H,44,49)(H,45,50)/t22-,28?,30-,31?/m0/s1. The molecule has 4 rings (SSSR count). The molecule has 14 heteroatoms. The van der Waals surface area contributed by atoms with Crippen molar-refractivity contribution in [2.24, 2.45) is 11.7 Å². The minimum Gasteiger partial charge on any atom is -0.382 e. The van der Waals surface area contributed by atoms with Gasteiger partial charge in [-0.25, -0.2) is 0 Å². The number of alkyl halides is 3. The van der Waals surface area contributed by atoms with Crippen LogP contribution >= 0.6 is 0 Å². The summed E-state index contributed by atoms with van der Waals surface area (Å²) in [7, 11) is 0. The van der Waals surface area contributed by atoms with Crippen molar-refractivity contribution in [2.75, 3.05) is 0 Å². The third kappa shape index (κ3) is 9.72. The molecule has 1 aliphatic rings. The number of nitrogens with two attached hydrogens (primary N) is 1. The molecule has 3 aromatic rings. The molecule has 0 saturated carbocycles. The van der Waals surface area contributed by atoms with Crippen molar-refractivity contribution in [3.8, 4) is 11.1 Å². The number of benzene rings is 3. The van der Waals surface area contributed by atoms with Crippen molar-refractivity contribution in [1.82, 2.24) is 21.3 Å². The number of fused-ring (bicyclic) bond motifs is 1. The van der Waals surface area contributed by atoms with Gasteiger partial charge in [0.1, 0.15) is 17.6 Å². The highest BCUT2D eigenvalue weighted by Gasteiger charge is 2.48. The quantitative estimate of drug-likeness (QED) is 0.150. The first-order valence-electron chi connectivity index (χ1n) is 16.5. The molecular weight excluding hydrogens is 667 g/mol. The number of nitrogens with one attached hydrogen (secondary N) is 4. The van der Waals surface area contributed by atoms with E-state index in [0.29, 0.717) is 5.56 Å². The van der Waals surface area contributed by atoms with Crippen LogP contribution in [0.1, 0.15) is 55.1 Å². The van der Waals surface area contributed by atoms with E-state index in [-0.39, 0.29) is 12.8 Å². The summed E-state index contributed by atoms with van der Waals surface area (Å²) in [4.78, 5) is 65.5. The molecule has 272 valence electrons. The molecular formula is C37H42F3N5O6. The van der Waals surface area contributed by atoms with E-state index in [1.54, 1.807) is 62.4 Å². The van der Waals surface area contributed by atoms with E-state index in [1.807, 2.05) is 30.3 Å². The third-order valence-corrected chi connectivity index (χ3v) is 8.88. The maximum Gasteiger partial charge on any atom is 0.416 e. The van der Waals surface area contributed by atoms with Crippen molar-refractivity contribution in [3.05, 3.63) is 95.6 Å². The SMILES string of the molecule is CC(C)[C@H](NC(=O)c1ccc(-c2ccccc2)cc1)C(=O)NC1(C(=O)N[C@@H](C)C(=O)NC(CCC(N)=O)C(O)C(F)(F)F)Cc2ccccc2C1. The van der Waals surface area contributed by atoms with Gasteiger partial charge in [-0.05, 0) is 53.6 Å². The lowest BCUT2D eigenvalue weighted by Crippen LogP contribution is -2.65. The van der Waals surface area contributed by atoms with Crippen LogP contribution in [0.15, 0.2) is 78.9 Å². The summed E-state index contributed by atoms with van der Waals surface area (Å²) in [6.45, 7) is 4.70. The Morgan fingerprint density at radius 2 is 1.33 bits per heavy atom. The zero-order valence-electron chi connectivity index (χ0n) is 28.4. The van der Waals surface area contributed by atoms with Gasteiger partial charge in [0.25, 0.3) is 5.91 Å². The summed E-state index contributed by atoms with van der Waals surface area (Å²) in [6.07, 6.45) is -9.19. The van der Waals surface area contributed by atoms with Gasteiger partial charge in [0, 0.05) is 24.8 Å². The topological polar surface area (TPSA) is 180 Å². The molecule has 0 radical (unpaired) electrons. The van der Waals surface area contributed by atoms with Gasteiger partial charge < -0.3 is 32.1 Å². The molecule has 4 atom stereocenters. The highest BCUT2D eigenvalue weighted by atomic mass is 19.4. The Bertz CT molecular complexity index is 1710.